The molecule has 1 aliphatic rings. The number of carbonyl (C=O) groups is 1. The molecule has 17 heavy (non-hydrogen) atoms. The monoisotopic (exact) mass is 256 g/mol. The molecular weight excluding hydrogens is 243 g/mol. The van der Waals surface area contributed by atoms with Crippen LogP contribution in [-0.4, -0.2) is 18.5 Å². The van der Waals surface area contributed by atoms with Crippen LogP contribution in [-0.2, 0) is 0 Å². The Morgan fingerprint density at radius 1 is 1.59 bits per heavy atom. The molecule has 0 spiro atoms. The number of nitrogens with two attached hydrogens (primary N) is 1. The minimum atomic E-state index is -0.592. The average molecular weight is 257 g/mol. The van der Waals surface area contributed by atoms with E-state index in [1.165, 1.54) is 18.2 Å². The Bertz CT molecular complexity index is 435. The predicted octanol–water partition coefficient (Wildman–Crippen LogP) is 1.95. The molecule has 1 atom stereocenters. The van der Waals surface area contributed by atoms with E-state index in [2.05, 4.69) is 5.32 Å². The molecule has 0 radical (unpaired) electrons. The van der Waals surface area contributed by atoms with Gasteiger partial charge in [0.05, 0.1) is 10.6 Å². The maximum absolute atomic E-state index is 13.1. The van der Waals surface area contributed by atoms with E-state index in [-0.39, 0.29) is 22.5 Å². The van der Waals surface area contributed by atoms with Crippen molar-refractivity contribution in [3.63, 3.8) is 0 Å². The fraction of sp³-hybridized carbons (Fsp3) is 0.417. The van der Waals surface area contributed by atoms with Gasteiger partial charge in [-0.15, -0.1) is 0 Å². The molecule has 92 valence electrons. The van der Waals surface area contributed by atoms with Crippen LogP contribution in [0.25, 0.3) is 0 Å². The smallest absolute Gasteiger partial charge is 0.252 e. The van der Waals surface area contributed by atoms with Gasteiger partial charge < -0.3 is 11.1 Å². The van der Waals surface area contributed by atoms with E-state index >= 15 is 0 Å². The third-order valence-electron chi connectivity index (χ3n) is 2.92. The van der Waals surface area contributed by atoms with Gasteiger partial charge in [-0.05, 0) is 30.9 Å². The molecule has 0 saturated heterocycles. The van der Waals surface area contributed by atoms with Gasteiger partial charge in [-0.3, -0.25) is 4.79 Å². The van der Waals surface area contributed by atoms with Crippen LogP contribution in [0.15, 0.2) is 18.2 Å². The van der Waals surface area contributed by atoms with Crippen molar-refractivity contribution in [3.8, 4) is 0 Å². The van der Waals surface area contributed by atoms with Crippen LogP contribution < -0.4 is 11.1 Å². The van der Waals surface area contributed by atoms with Crippen LogP contribution in [0.4, 0.5) is 4.39 Å². The predicted molar refractivity (Wildman–Crippen MR) is 64.4 cm³/mol. The topological polar surface area (TPSA) is 55.1 Å². The molecule has 0 aromatic heterocycles. The first kappa shape index (κ1) is 12.3. The van der Waals surface area contributed by atoms with E-state index in [4.69, 9.17) is 17.3 Å². The lowest BCUT2D eigenvalue weighted by Gasteiger charge is -2.12. The Balaban J connectivity index is 1.96. The second-order valence-corrected chi connectivity index (χ2v) is 4.69. The highest BCUT2D eigenvalue weighted by atomic mass is 35.5. The van der Waals surface area contributed by atoms with Gasteiger partial charge in [-0.2, -0.15) is 0 Å². The standard InChI is InChI=1S/C12H14ClFN2O/c13-11-8(2-1-3-9(11)14)12(17)16-6-10(15)7-4-5-7/h1-3,7,10H,4-6,15H2,(H,16,17). The number of hydrogen-bond acceptors (Lipinski definition) is 2. The number of rotatable bonds is 4. The number of nitrogens with one attached hydrogen (secondary N) is 1. The second-order valence-electron chi connectivity index (χ2n) is 4.31. The molecule has 1 aromatic carbocycles. The molecule has 1 saturated carbocycles. The third kappa shape index (κ3) is 2.96. The molecule has 1 unspecified atom stereocenters. The van der Waals surface area contributed by atoms with Gasteiger partial charge in [0.25, 0.3) is 5.91 Å². The Hall–Kier alpha value is -1.13. The van der Waals surface area contributed by atoms with E-state index in [1.807, 2.05) is 0 Å². The van der Waals surface area contributed by atoms with E-state index in [9.17, 15) is 9.18 Å². The third-order valence-corrected chi connectivity index (χ3v) is 3.31. The molecular formula is C12H14ClFN2O. The van der Waals surface area contributed by atoms with Crippen molar-refractivity contribution in [2.75, 3.05) is 6.54 Å². The average Bonchev–Trinajstić information content (AvgIpc) is 3.13. The van der Waals surface area contributed by atoms with Gasteiger partial charge in [0.1, 0.15) is 5.82 Å². The maximum Gasteiger partial charge on any atom is 0.252 e. The first-order chi connectivity index (χ1) is 8.09. The quantitative estimate of drug-likeness (QED) is 0.865. The van der Waals surface area contributed by atoms with Gasteiger partial charge >= 0.3 is 0 Å². The lowest BCUT2D eigenvalue weighted by Crippen LogP contribution is -2.38. The van der Waals surface area contributed by atoms with Crippen molar-refractivity contribution in [1.82, 2.24) is 5.32 Å². The summed E-state index contributed by atoms with van der Waals surface area (Å²) in [4.78, 5) is 11.7. The highest BCUT2D eigenvalue weighted by Crippen LogP contribution is 2.31. The van der Waals surface area contributed by atoms with Crippen molar-refractivity contribution < 1.29 is 9.18 Å². The number of halogens is 2. The maximum atomic E-state index is 13.1. The number of benzene rings is 1. The van der Waals surface area contributed by atoms with Gasteiger partial charge in [0.2, 0.25) is 0 Å². The first-order valence-corrected chi connectivity index (χ1v) is 5.95. The normalized spacial score (nSPS) is 16.6. The molecule has 0 bridgehead atoms. The zero-order chi connectivity index (χ0) is 12.4. The van der Waals surface area contributed by atoms with E-state index in [0.29, 0.717) is 12.5 Å². The lowest BCUT2D eigenvalue weighted by molar-refractivity contribution is 0.0950. The molecule has 1 aromatic rings. The number of amides is 1. The Kier molecular flexibility index (Phi) is 3.64. The molecule has 1 fully saturated rings. The minimum Gasteiger partial charge on any atom is -0.350 e. The van der Waals surface area contributed by atoms with Crippen molar-refractivity contribution in [2.45, 2.75) is 18.9 Å². The zero-order valence-corrected chi connectivity index (χ0v) is 10.0. The van der Waals surface area contributed by atoms with Gasteiger partial charge in [-0.1, -0.05) is 17.7 Å². The Labute approximate surface area is 104 Å². The number of carbonyl (C=O) groups excluding carboxylic acids is 1. The summed E-state index contributed by atoms with van der Waals surface area (Å²) in [7, 11) is 0. The van der Waals surface area contributed by atoms with Crippen molar-refractivity contribution in [2.24, 2.45) is 11.7 Å². The Morgan fingerprint density at radius 2 is 2.29 bits per heavy atom. The van der Waals surface area contributed by atoms with E-state index < -0.39 is 5.82 Å². The Morgan fingerprint density at radius 3 is 2.94 bits per heavy atom. The van der Waals surface area contributed by atoms with Crippen LogP contribution in [0.1, 0.15) is 23.2 Å². The van der Waals surface area contributed by atoms with E-state index in [1.54, 1.807) is 0 Å². The van der Waals surface area contributed by atoms with Crippen LogP contribution in [0.3, 0.4) is 0 Å². The van der Waals surface area contributed by atoms with Crippen molar-refractivity contribution in [3.05, 3.63) is 34.6 Å². The van der Waals surface area contributed by atoms with Crippen LogP contribution in [0.2, 0.25) is 5.02 Å². The first-order valence-electron chi connectivity index (χ1n) is 5.57. The SMILES string of the molecule is NC(CNC(=O)c1cccc(F)c1Cl)C1CC1. The van der Waals surface area contributed by atoms with Crippen molar-refractivity contribution >= 4 is 17.5 Å². The van der Waals surface area contributed by atoms with Crippen LogP contribution >= 0.6 is 11.6 Å². The van der Waals surface area contributed by atoms with E-state index in [0.717, 1.165) is 12.8 Å². The van der Waals surface area contributed by atoms with Crippen LogP contribution in [0.5, 0.6) is 0 Å². The zero-order valence-electron chi connectivity index (χ0n) is 9.25. The minimum absolute atomic E-state index is 0.0220. The summed E-state index contributed by atoms with van der Waals surface area (Å²) in [6, 6.07) is 4.14. The van der Waals surface area contributed by atoms with Gasteiger partial charge in [0.15, 0.2) is 0 Å². The highest BCUT2D eigenvalue weighted by molar-refractivity contribution is 6.34. The summed E-state index contributed by atoms with van der Waals surface area (Å²) in [5, 5.41) is 2.52. The summed E-state index contributed by atoms with van der Waals surface area (Å²) in [6.45, 7) is 0.399. The highest BCUT2D eigenvalue weighted by Gasteiger charge is 2.28. The molecule has 2 rings (SSSR count). The molecule has 1 aliphatic carbocycles. The molecule has 0 aliphatic heterocycles. The summed E-state index contributed by atoms with van der Waals surface area (Å²) < 4.78 is 13.1. The second kappa shape index (κ2) is 5.02. The lowest BCUT2D eigenvalue weighted by atomic mass is 10.1. The summed E-state index contributed by atoms with van der Waals surface area (Å²) >= 11 is 5.71. The molecule has 0 heterocycles. The van der Waals surface area contributed by atoms with Gasteiger partial charge in [-0.25, -0.2) is 4.39 Å². The molecule has 1 amide bonds. The fourth-order valence-corrected chi connectivity index (χ4v) is 1.89. The molecule has 3 N–H and O–H groups in total. The molecule has 3 nitrogen and oxygen atoms in total. The number of hydrogen-bond donors (Lipinski definition) is 2. The molecule has 5 heteroatoms. The summed E-state index contributed by atoms with van der Waals surface area (Å²) in [6.07, 6.45) is 2.25. The summed E-state index contributed by atoms with van der Waals surface area (Å²) in [5.41, 5.74) is 6.00. The van der Waals surface area contributed by atoms with Crippen LogP contribution in [0, 0.1) is 11.7 Å². The van der Waals surface area contributed by atoms with Gasteiger partial charge in [0, 0.05) is 12.6 Å². The van der Waals surface area contributed by atoms with Crippen molar-refractivity contribution in [1.29, 1.82) is 0 Å². The fourth-order valence-electron chi connectivity index (χ4n) is 1.68. The summed E-state index contributed by atoms with van der Waals surface area (Å²) in [5.74, 6) is -0.463. The largest absolute Gasteiger partial charge is 0.350 e.